The number of aryl methyl sites for hydroxylation is 1. The van der Waals surface area contributed by atoms with Crippen LogP contribution in [0.1, 0.15) is 15.4 Å². The molecule has 7 nitrogen and oxygen atoms in total. The van der Waals surface area contributed by atoms with Crippen molar-refractivity contribution in [1.29, 1.82) is 0 Å². The van der Waals surface area contributed by atoms with Gasteiger partial charge in [0.2, 0.25) is 0 Å². The predicted molar refractivity (Wildman–Crippen MR) is 103 cm³/mol. The first-order valence-corrected chi connectivity index (χ1v) is 7.91. The summed E-state index contributed by atoms with van der Waals surface area (Å²) >= 11 is 0. The van der Waals surface area contributed by atoms with Crippen molar-refractivity contribution < 1.29 is 4.28 Å². The molecule has 4 aromatic rings. The monoisotopic (exact) mass is 337 g/mol. The molecule has 0 fully saturated rings. The Hall–Kier alpha value is -3.48. The van der Waals surface area contributed by atoms with Crippen LogP contribution in [0.4, 0.5) is 11.6 Å². The number of aromatic nitrogens is 5. The summed E-state index contributed by atoms with van der Waals surface area (Å²) in [6.45, 7) is 2.75. The van der Waals surface area contributed by atoms with Crippen LogP contribution < -0.4 is 11.1 Å². The lowest BCUT2D eigenvalue weighted by molar-refractivity contribution is 0.945. The molecule has 0 unspecified atom stereocenters. The molecular weight excluding hydrogens is 314 g/mol. The minimum atomic E-state index is 0. The Bertz CT molecular complexity index is 1030. The first-order valence-electron chi connectivity index (χ1n) is 7.91. The molecule has 0 aliphatic carbocycles. The quantitative estimate of drug-likeness (QED) is 0.592. The Labute approximate surface area is 149 Å². The Balaban J connectivity index is 0.00000131. The summed E-state index contributed by atoms with van der Waals surface area (Å²) in [7, 11) is 0. The van der Waals surface area contributed by atoms with Gasteiger partial charge in [-0.3, -0.25) is 0 Å². The second-order valence-electron chi connectivity index (χ2n) is 5.78. The van der Waals surface area contributed by atoms with Crippen LogP contribution in [0.2, 0.25) is 0 Å². The first-order chi connectivity index (χ1) is 12.2. The molecule has 0 aliphatic rings. The van der Waals surface area contributed by atoms with Crippen LogP contribution >= 0.6 is 0 Å². The topological polar surface area (TPSA) is 94.0 Å². The van der Waals surface area contributed by atoms with Gasteiger partial charge >= 0.3 is 0 Å². The molecule has 7 heteroatoms. The molecule has 0 saturated heterocycles. The van der Waals surface area contributed by atoms with Crippen molar-refractivity contribution in [3.05, 3.63) is 66.2 Å². The number of anilines is 2. The summed E-state index contributed by atoms with van der Waals surface area (Å²) in [6, 6.07) is 12.0. The van der Waals surface area contributed by atoms with E-state index >= 15 is 0 Å². The van der Waals surface area contributed by atoms with Crippen molar-refractivity contribution in [3.8, 4) is 11.3 Å². The SMILES string of the molecule is Cc1ccc(CNc2cc(-c3c(N)nn4cccnc34)ncn2)cc1.[HH].[HH].[HH]. The van der Waals surface area contributed by atoms with E-state index < -0.39 is 0 Å². The molecule has 1 aromatic carbocycles. The van der Waals surface area contributed by atoms with Crippen molar-refractivity contribution in [3.63, 3.8) is 0 Å². The zero-order valence-electron chi connectivity index (χ0n) is 13.7. The third kappa shape index (κ3) is 2.99. The van der Waals surface area contributed by atoms with E-state index in [1.54, 1.807) is 23.0 Å². The van der Waals surface area contributed by atoms with Crippen LogP contribution in [0, 0.1) is 6.92 Å². The fourth-order valence-electron chi connectivity index (χ4n) is 2.64. The maximum atomic E-state index is 6.06. The van der Waals surface area contributed by atoms with Gasteiger partial charge in [-0.1, -0.05) is 29.8 Å². The van der Waals surface area contributed by atoms with Gasteiger partial charge in [0.25, 0.3) is 0 Å². The fraction of sp³-hybridized carbons (Fsp3) is 0.111. The summed E-state index contributed by atoms with van der Waals surface area (Å²) in [4.78, 5) is 13.0. The van der Waals surface area contributed by atoms with Gasteiger partial charge in [0.1, 0.15) is 12.1 Å². The minimum absolute atomic E-state index is 0. The van der Waals surface area contributed by atoms with E-state index in [1.165, 1.54) is 17.5 Å². The second-order valence-corrected chi connectivity index (χ2v) is 5.78. The van der Waals surface area contributed by atoms with Crippen LogP contribution in [0.3, 0.4) is 0 Å². The molecule has 0 aliphatic heterocycles. The number of nitrogen functional groups attached to an aromatic ring is 1. The summed E-state index contributed by atoms with van der Waals surface area (Å²) in [6.07, 6.45) is 5.02. The van der Waals surface area contributed by atoms with Gasteiger partial charge in [-0.05, 0) is 18.6 Å². The molecule has 0 bridgehead atoms. The zero-order valence-corrected chi connectivity index (χ0v) is 13.7. The number of rotatable bonds is 4. The van der Waals surface area contributed by atoms with E-state index in [-0.39, 0.29) is 4.28 Å². The minimum Gasteiger partial charge on any atom is -0.382 e. The largest absolute Gasteiger partial charge is 0.382 e. The van der Waals surface area contributed by atoms with Gasteiger partial charge < -0.3 is 11.1 Å². The van der Waals surface area contributed by atoms with Crippen LogP contribution in [-0.2, 0) is 6.54 Å². The van der Waals surface area contributed by atoms with Gasteiger partial charge in [-0.25, -0.2) is 19.5 Å². The highest BCUT2D eigenvalue weighted by atomic mass is 15.3. The maximum Gasteiger partial charge on any atom is 0.166 e. The maximum absolute atomic E-state index is 6.06. The predicted octanol–water partition coefficient (Wildman–Crippen LogP) is 3.43. The highest BCUT2D eigenvalue weighted by Crippen LogP contribution is 2.28. The number of benzene rings is 1. The average molecular weight is 337 g/mol. The smallest absolute Gasteiger partial charge is 0.166 e. The summed E-state index contributed by atoms with van der Waals surface area (Å²) in [5.41, 5.74) is 10.6. The highest BCUT2D eigenvalue weighted by Gasteiger charge is 2.15. The molecular formula is C18H23N7. The van der Waals surface area contributed by atoms with E-state index in [4.69, 9.17) is 5.73 Å². The van der Waals surface area contributed by atoms with Gasteiger partial charge in [0.05, 0.1) is 11.3 Å². The van der Waals surface area contributed by atoms with Crippen LogP contribution in [-0.4, -0.2) is 24.6 Å². The van der Waals surface area contributed by atoms with Crippen molar-refractivity contribution in [1.82, 2.24) is 24.6 Å². The lowest BCUT2D eigenvalue weighted by atomic mass is 10.1. The first kappa shape index (κ1) is 15.1. The number of nitrogens with zero attached hydrogens (tertiary/aromatic N) is 5. The van der Waals surface area contributed by atoms with Gasteiger partial charge in [-0.15, -0.1) is 5.10 Å². The standard InChI is InChI=1S/C18H17N7.3H2/c1-12-3-5-13(6-4-12)10-21-15-9-14(22-11-23-15)16-17(19)24-25-8-2-7-20-18(16)25;;;/h2-9,11H,10H2,1H3,(H2,19,24)(H,21,22,23);3*1H. The molecule has 0 radical (unpaired) electrons. The molecule has 0 amide bonds. The zero-order chi connectivity index (χ0) is 17.2. The summed E-state index contributed by atoms with van der Waals surface area (Å²) in [5, 5.41) is 7.58. The van der Waals surface area contributed by atoms with E-state index in [2.05, 4.69) is 56.6 Å². The van der Waals surface area contributed by atoms with Gasteiger partial charge in [0.15, 0.2) is 11.5 Å². The van der Waals surface area contributed by atoms with Crippen molar-refractivity contribution in [2.75, 3.05) is 11.1 Å². The number of fused-ring (bicyclic) bond motifs is 1. The molecule has 3 N–H and O–H groups in total. The van der Waals surface area contributed by atoms with Crippen molar-refractivity contribution >= 4 is 17.3 Å². The number of hydrogen-bond acceptors (Lipinski definition) is 6. The second kappa shape index (κ2) is 6.20. The molecule has 0 spiro atoms. The van der Waals surface area contributed by atoms with Crippen molar-refractivity contribution in [2.45, 2.75) is 13.5 Å². The van der Waals surface area contributed by atoms with E-state index in [9.17, 15) is 0 Å². The lowest BCUT2D eigenvalue weighted by Gasteiger charge is -2.07. The van der Waals surface area contributed by atoms with E-state index in [1.807, 2.05) is 6.07 Å². The van der Waals surface area contributed by atoms with Crippen molar-refractivity contribution in [2.24, 2.45) is 0 Å². The van der Waals surface area contributed by atoms with Crippen LogP contribution in [0.15, 0.2) is 55.1 Å². The Morgan fingerprint density at radius 1 is 1.16 bits per heavy atom. The summed E-state index contributed by atoms with van der Waals surface area (Å²) < 4.78 is 1.65. The fourth-order valence-corrected chi connectivity index (χ4v) is 2.64. The molecule has 3 heterocycles. The summed E-state index contributed by atoms with van der Waals surface area (Å²) in [5.74, 6) is 1.11. The average Bonchev–Trinajstić information content (AvgIpc) is 2.97. The Morgan fingerprint density at radius 3 is 2.84 bits per heavy atom. The van der Waals surface area contributed by atoms with Gasteiger partial charge in [0, 0.05) is 29.3 Å². The van der Waals surface area contributed by atoms with Gasteiger partial charge in [-0.2, -0.15) is 0 Å². The molecule has 0 atom stereocenters. The molecule has 3 aromatic heterocycles. The highest BCUT2D eigenvalue weighted by molar-refractivity contribution is 5.84. The normalized spacial score (nSPS) is 10.9. The third-order valence-corrected chi connectivity index (χ3v) is 3.94. The van der Waals surface area contributed by atoms with E-state index in [0.29, 0.717) is 29.3 Å². The Morgan fingerprint density at radius 2 is 2.00 bits per heavy atom. The number of hydrogen-bond donors (Lipinski definition) is 2. The van der Waals surface area contributed by atoms with Crippen LogP contribution in [0.5, 0.6) is 0 Å². The lowest BCUT2D eigenvalue weighted by Crippen LogP contribution is -2.02. The third-order valence-electron chi connectivity index (χ3n) is 3.94. The molecule has 4 rings (SSSR count). The Kier molecular flexibility index (Phi) is 3.74. The van der Waals surface area contributed by atoms with E-state index in [0.717, 1.165) is 5.82 Å². The number of nitrogens with two attached hydrogens (primary N) is 1. The molecule has 0 saturated carbocycles. The molecule has 25 heavy (non-hydrogen) atoms. The number of nitrogens with one attached hydrogen (secondary N) is 1. The van der Waals surface area contributed by atoms with Crippen LogP contribution in [0.25, 0.3) is 16.9 Å². The molecule has 130 valence electrons.